The minimum absolute atomic E-state index is 0.0516. The van der Waals surface area contributed by atoms with E-state index in [2.05, 4.69) is 37.9 Å². The first-order valence-electron chi connectivity index (χ1n) is 10.0. The maximum atomic E-state index is 13.0. The van der Waals surface area contributed by atoms with Crippen LogP contribution < -0.4 is 5.69 Å². The van der Waals surface area contributed by atoms with Crippen LogP contribution >= 0.6 is 0 Å². The van der Waals surface area contributed by atoms with Crippen LogP contribution in [0, 0.1) is 0 Å². The van der Waals surface area contributed by atoms with Crippen molar-refractivity contribution in [2.45, 2.75) is 38.9 Å². The molecule has 1 heterocycles. The summed E-state index contributed by atoms with van der Waals surface area (Å²) in [5.41, 5.74) is 3.67. The maximum absolute atomic E-state index is 13.0. The molecule has 1 aromatic heterocycles. The third kappa shape index (κ3) is 4.29. The van der Waals surface area contributed by atoms with Gasteiger partial charge in [-0.3, -0.25) is 4.57 Å². The van der Waals surface area contributed by atoms with E-state index in [0.717, 1.165) is 17.7 Å². The number of benzene rings is 3. The van der Waals surface area contributed by atoms with Crippen molar-refractivity contribution in [3.05, 3.63) is 93.9 Å². The molecule has 0 saturated heterocycles. The molecule has 0 fully saturated rings. The fraction of sp³-hybridized carbons (Fsp3) is 0.240. The first-order chi connectivity index (χ1) is 14.5. The van der Waals surface area contributed by atoms with Crippen LogP contribution in [0.3, 0.4) is 0 Å². The van der Waals surface area contributed by atoms with Crippen LogP contribution in [0.4, 0.5) is 13.2 Å². The summed E-state index contributed by atoms with van der Waals surface area (Å²) in [5.74, 6) is 0. The Bertz CT molecular complexity index is 1290. The number of fused-ring (bicyclic) bond motifs is 1. The van der Waals surface area contributed by atoms with E-state index >= 15 is 0 Å². The van der Waals surface area contributed by atoms with Gasteiger partial charge >= 0.3 is 11.9 Å². The molecule has 0 aliphatic rings. The lowest BCUT2D eigenvalue weighted by Crippen LogP contribution is -2.17. The molecule has 0 saturated carbocycles. The van der Waals surface area contributed by atoms with Gasteiger partial charge in [0.1, 0.15) is 0 Å². The van der Waals surface area contributed by atoms with E-state index in [1.165, 1.54) is 11.6 Å². The van der Waals surface area contributed by atoms with E-state index in [4.69, 9.17) is 0 Å². The fourth-order valence-electron chi connectivity index (χ4n) is 3.67. The zero-order valence-corrected chi connectivity index (χ0v) is 17.5. The van der Waals surface area contributed by atoms with Gasteiger partial charge in [-0.2, -0.15) is 13.2 Å². The molecule has 0 aliphatic heterocycles. The summed E-state index contributed by atoms with van der Waals surface area (Å²) in [4.78, 5) is 15.4. The van der Waals surface area contributed by atoms with E-state index in [1.807, 2.05) is 12.1 Å². The van der Waals surface area contributed by atoms with E-state index in [-0.39, 0.29) is 11.1 Å². The Morgan fingerprint density at radius 1 is 0.839 bits per heavy atom. The summed E-state index contributed by atoms with van der Waals surface area (Å²) < 4.78 is 40.8. The van der Waals surface area contributed by atoms with Gasteiger partial charge in [0.15, 0.2) is 0 Å². The molecule has 0 spiro atoms. The molecule has 6 heteroatoms. The van der Waals surface area contributed by atoms with Crippen LogP contribution in [0.15, 0.2) is 71.5 Å². The zero-order chi connectivity index (χ0) is 22.4. The molecular weight excluding hydrogens is 401 g/mol. The highest BCUT2D eigenvalue weighted by molar-refractivity contribution is 5.82. The van der Waals surface area contributed by atoms with E-state index in [1.54, 1.807) is 28.8 Å². The van der Waals surface area contributed by atoms with Crippen molar-refractivity contribution in [2.75, 3.05) is 0 Å². The lowest BCUT2D eigenvalue weighted by atomic mass is 9.87. The predicted molar refractivity (Wildman–Crippen MR) is 117 cm³/mol. The Balaban J connectivity index is 1.68. The molecule has 3 aromatic carbocycles. The van der Waals surface area contributed by atoms with Gasteiger partial charge in [0.2, 0.25) is 0 Å². The van der Waals surface area contributed by atoms with Crippen molar-refractivity contribution in [3.63, 3.8) is 0 Å². The number of aromatic amines is 1. The van der Waals surface area contributed by atoms with Crippen LogP contribution in [0.1, 0.15) is 37.5 Å². The molecule has 4 rings (SSSR count). The largest absolute Gasteiger partial charge is 0.416 e. The highest BCUT2D eigenvalue weighted by Gasteiger charge is 2.30. The second-order valence-corrected chi connectivity index (χ2v) is 8.77. The average Bonchev–Trinajstić information content (AvgIpc) is 3.01. The average molecular weight is 424 g/mol. The summed E-state index contributed by atoms with van der Waals surface area (Å²) in [6.07, 6.45) is -4.40. The standard InChI is InChI=1S/C25H23F3N2O/c1-24(2,3)19-10-7-16(8-11-19)15-30-22-12-9-18(14-21(22)29-23(30)31)17-5-4-6-20(13-17)25(26,27)28/h4-14H,15H2,1-3H3,(H,29,31). The number of aromatic nitrogens is 2. The van der Waals surface area contributed by atoms with E-state index in [9.17, 15) is 18.0 Å². The summed E-state index contributed by atoms with van der Waals surface area (Å²) in [6, 6.07) is 18.6. The Morgan fingerprint density at radius 2 is 1.52 bits per heavy atom. The Kier molecular flexibility index (Phi) is 5.04. The zero-order valence-electron chi connectivity index (χ0n) is 17.5. The second-order valence-electron chi connectivity index (χ2n) is 8.77. The van der Waals surface area contributed by atoms with Crippen molar-refractivity contribution in [2.24, 2.45) is 0 Å². The lowest BCUT2D eigenvalue weighted by molar-refractivity contribution is -0.137. The molecule has 0 amide bonds. The topological polar surface area (TPSA) is 37.8 Å². The van der Waals surface area contributed by atoms with Gasteiger partial charge in [0, 0.05) is 0 Å². The lowest BCUT2D eigenvalue weighted by Gasteiger charge is -2.19. The number of rotatable bonds is 3. The third-order valence-electron chi connectivity index (χ3n) is 5.46. The van der Waals surface area contributed by atoms with Gasteiger partial charge in [0.05, 0.1) is 23.1 Å². The van der Waals surface area contributed by atoms with Gasteiger partial charge < -0.3 is 4.98 Å². The third-order valence-corrected chi connectivity index (χ3v) is 5.46. The van der Waals surface area contributed by atoms with E-state index in [0.29, 0.717) is 28.7 Å². The SMILES string of the molecule is CC(C)(C)c1ccc(Cn2c(=O)[nH]c3cc(-c4cccc(C(F)(F)F)c4)ccc32)cc1. The Hall–Kier alpha value is -3.28. The van der Waals surface area contributed by atoms with Crippen molar-refractivity contribution < 1.29 is 13.2 Å². The van der Waals surface area contributed by atoms with Crippen molar-refractivity contribution >= 4 is 11.0 Å². The molecule has 160 valence electrons. The summed E-state index contributed by atoms with van der Waals surface area (Å²) in [5, 5.41) is 0. The summed E-state index contributed by atoms with van der Waals surface area (Å²) >= 11 is 0. The molecule has 0 unspecified atom stereocenters. The summed E-state index contributed by atoms with van der Waals surface area (Å²) in [6.45, 7) is 6.85. The van der Waals surface area contributed by atoms with Crippen molar-refractivity contribution in [1.29, 1.82) is 0 Å². The first-order valence-corrected chi connectivity index (χ1v) is 10.0. The van der Waals surface area contributed by atoms with Gasteiger partial charge in [-0.15, -0.1) is 0 Å². The highest BCUT2D eigenvalue weighted by Crippen LogP contribution is 2.32. The molecule has 1 N–H and O–H groups in total. The van der Waals surface area contributed by atoms with E-state index < -0.39 is 11.7 Å². The number of nitrogens with one attached hydrogen (secondary N) is 1. The normalized spacial score (nSPS) is 12.5. The maximum Gasteiger partial charge on any atom is 0.416 e. The van der Waals surface area contributed by atoms with Crippen LogP contribution in [0.25, 0.3) is 22.2 Å². The van der Waals surface area contributed by atoms with Gasteiger partial charge in [-0.05, 0) is 51.9 Å². The van der Waals surface area contributed by atoms with Gasteiger partial charge in [0.25, 0.3) is 0 Å². The van der Waals surface area contributed by atoms with Crippen LogP contribution in [0.2, 0.25) is 0 Å². The van der Waals surface area contributed by atoms with Gasteiger partial charge in [-0.25, -0.2) is 4.79 Å². The number of imidazole rings is 1. The summed E-state index contributed by atoms with van der Waals surface area (Å²) in [7, 11) is 0. The molecule has 0 bridgehead atoms. The molecular formula is C25H23F3N2O. The van der Waals surface area contributed by atoms with Crippen molar-refractivity contribution in [3.8, 4) is 11.1 Å². The number of halogens is 3. The predicted octanol–water partition coefficient (Wildman–Crippen LogP) is 6.36. The van der Waals surface area contributed by atoms with Crippen LogP contribution in [0.5, 0.6) is 0 Å². The quantitative estimate of drug-likeness (QED) is 0.408. The number of H-pyrrole nitrogens is 1. The fourth-order valence-corrected chi connectivity index (χ4v) is 3.67. The molecule has 0 atom stereocenters. The molecule has 0 aliphatic carbocycles. The molecule has 31 heavy (non-hydrogen) atoms. The number of hydrogen-bond donors (Lipinski definition) is 1. The van der Waals surface area contributed by atoms with Crippen LogP contribution in [-0.4, -0.2) is 9.55 Å². The first kappa shape index (κ1) is 21.0. The van der Waals surface area contributed by atoms with Crippen molar-refractivity contribution in [1.82, 2.24) is 9.55 Å². The monoisotopic (exact) mass is 424 g/mol. The molecule has 4 aromatic rings. The van der Waals surface area contributed by atoms with Crippen LogP contribution in [-0.2, 0) is 18.1 Å². The Morgan fingerprint density at radius 3 is 2.16 bits per heavy atom. The second kappa shape index (κ2) is 7.45. The number of nitrogens with zero attached hydrogens (tertiary/aromatic N) is 1. The minimum atomic E-state index is -4.40. The van der Waals surface area contributed by atoms with Gasteiger partial charge in [-0.1, -0.05) is 63.2 Å². The Labute approximate surface area is 178 Å². The number of alkyl halides is 3. The molecule has 3 nitrogen and oxygen atoms in total. The number of hydrogen-bond acceptors (Lipinski definition) is 1. The smallest absolute Gasteiger partial charge is 0.306 e. The highest BCUT2D eigenvalue weighted by atomic mass is 19.4. The molecule has 0 radical (unpaired) electrons. The minimum Gasteiger partial charge on any atom is -0.306 e.